The zero-order chi connectivity index (χ0) is 14.7. The van der Waals surface area contributed by atoms with Crippen molar-refractivity contribution in [2.75, 3.05) is 23.7 Å². The van der Waals surface area contributed by atoms with Crippen molar-refractivity contribution in [3.63, 3.8) is 0 Å². The summed E-state index contributed by atoms with van der Waals surface area (Å²) in [6.07, 6.45) is 3.53. The zero-order valence-electron chi connectivity index (χ0n) is 12.3. The first kappa shape index (κ1) is 14.7. The van der Waals surface area contributed by atoms with E-state index in [0.717, 1.165) is 37.5 Å². The Hall–Kier alpha value is -1.71. The Morgan fingerprint density at radius 3 is 2.75 bits per heavy atom. The third-order valence-corrected chi connectivity index (χ3v) is 4.37. The Kier molecular flexibility index (Phi) is 4.53. The molecule has 0 aliphatic carbocycles. The van der Waals surface area contributed by atoms with Crippen molar-refractivity contribution in [1.82, 2.24) is 0 Å². The van der Waals surface area contributed by atoms with Crippen molar-refractivity contribution < 1.29 is 9.90 Å². The molecule has 0 radical (unpaired) electrons. The second-order valence-corrected chi connectivity index (χ2v) is 5.97. The number of benzene rings is 1. The predicted octanol–water partition coefficient (Wildman–Crippen LogP) is 3.23. The number of aromatic carboxylic acids is 1. The molecule has 1 saturated heterocycles. The largest absolute Gasteiger partial charge is 0.478 e. The van der Waals surface area contributed by atoms with Crippen LogP contribution in [0.1, 0.15) is 43.5 Å². The van der Waals surface area contributed by atoms with Crippen LogP contribution in [0.15, 0.2) is 18.2 Å². The number of hydrogen-bond acceptors (Lipinski definition) is 3. The van der Waals surface area contributed by atoms with Gasteiger partial charge in [-0.3, -0.25) is 0 Å². The minimum absolute atomic E-state index is 0.201. The number of nitrogens with two attached hydrogens (primary N) is 1. The number of nitrogen functional groups attached to an aromatic ring is 1. The van der Waals surface area contributed by atoms with Gasteiger partial charge in [0, 0.05) is 13.1 Å². The van der Waals surface area contributed by atoms with E-state index < -0.39 is 5.97 Å². The standard InChI is InChI=1S/C16H24N2O2/c1-11(2)12-5-4-9-18(10-8-12)14-7-3-6-13(15(14)17)16(19)20/h3,6-7,11-12H,4-5,8-10,17H2,1-2H3,(H,19,20). The summed E-state index contributed by atoms with van der Waals surface area (Å²) in [7, 11) is 0. The molecule has 0 bridgehead atoms. The van der Waals surface area contributed by atoms with Gasteiger partial charge in [0.15, 0.2) is 0 Å². The lowest BCUT2D eigenvalue weighted by Gasteiger charge is -2.25. The van der Waals surface area contributed by atoms with Crippen LogP contribution >= 0.6 is 0 Å². The molecule has 1 aromatic rings. The summed E-state index contributed by atoms with van der Waals surface area (Å²) in [5.41, 5.74) is 7.50. The van der Waals surface area contributed by atoms with Crippen LogP contribution in [-0.4, -0.2) is 24.2 Å². The number of rotatable bonds is 3. The van der Waals surface area contributed by atoms with Crippen molar-refractivity contribution in [3.8, 4) is 0 Å². The third-order valence-electron chi connectivity index (χ3n) is 4.37. The number of anilines is 2. The highest BCUT2D eigenvalue weighted by Crippen LogP contribution is 2.31. The van der Waals surface area contributed by atoms with Gasteiger partial charge < -0.3 is 15.7 Å². The molecule has 1 atom stereocenters. The van der Waals surface area contributed by atoms with E-state index in [0.29, 0.717) is 11.6 Å². The Labute approximate surface area is 120 Å². The summed E-state index contributed by atoms with van der Waals surface area (Å²) in [6.45, 7) is 6.46. The Balaban J connectivity index is 2.20. The van der Waals surface area contributed by atoms with Crippen LogP contribution in [0.25, 0.3) is 0 Å². The molecule has 1 unspecified atom stereocenters. The highest BCUT2D eigenvalue weighted by Gasteiger charge is 2.22. The van der Waals surface area contributed by atoms with E-state index in [4.69, 9.17) is 10.8 Å². The fourth-order valence-corrected chi connectivity index (χ4v) is 3.04. The first-order valence-electron chi connectivity index (χ1n) is 7.37. The maximum atomic E-state index is 11.2. The Morgan fingerprint density at radius 2 is 2.10 bits per heavy atom. The van der Waals surface area contributed by atoms with Gasteiger partial charge in [-0.15, -0.1) is 0 Å². The average Bonchev–Trinajstić information content (AvgIpc) is 2.64. The summed E-state index contributed by atoms with van der Waals surface area (Å²) in [5.74, 6) is 0.501. The molecule has 4 heteroatoms. The molecule has 0 amide bonds. The molecule has 4 nitrogen and oxygen atoms in total. The van der Waals surface area contributed by atoms with Gasteiger partial charge in [-0.25, -0.2) is 4.79 Å². The number of nitrogens with zero attached hydrogens (tertiary/aromatic N) is 1. The van der Waals surface area contributed by atoms with Gasteiger partial charge in [-0.1, -0.05) is 19.9 Å². The van der Waals surface area contributed by atoms with Crippen molar-refractivity contribution in [2.24, 2.45) is 11.8 Å². The summed E-state index contributed by atoms with van der Waals surface area (Å²) in [6, 6.07) is 5.27. The molecule has 1 aromatic carbocycles. The topological polar surface area (TPSA) is 66.6 Å². The molecular formula is C16H24N2O2. The Bertz CT molecular complexity index is 485. The fourth-order valence-electron chi connectivity index (χ4n) is 3.04. The van der Waals surface area contributed by atoms with Crippen LogP contribution in [0.3, 0.4) is 0 Å². The lowest BCUT2D eigenvalue weighted by Crippen LogP contribution is -2.26. The van der Waals surface area contributed by atoms with Crippen LogP contribution in [0.4, 0.5) is 11.4 Å². The molecule has 2 rings (SSSR count). The lowest BCUT2D eigenvalue weighted by atomic mass is 9.89. The molecule has 1 heterocycles. The number of carboxylic acids is 1. The molecule has 0 saturated carbocycles. The van der Waals surface area contributed by atoms with E-state index >= 15 is 0 Å². The van der Waals surface area contributed by atoms with Gasteiger partial charge in [0.1, 0.15) is 0 Å². The maximum absolute atomic E-state index is 11.2. The maximum Gasteiger partial charge on any atom is 0.337 e. The number of para-hydroxylation sites is 1. The third kappa shape index (κ3) is 3.06. The van der Waals surface area contributed by atoms with E-state index in [-0.39, 0.29) is 5.56 Å². The van der Waals surface area contributed by atoms with Gasteiger partial charge in [0.2, 0.25) is 0 Å². The number of hydrogen-bond donors (Lipinski definition) is 2. The smallest absolute Gasteiger partial charge is 0.337 e. The van der Waals surface area contributed by atoms with Gasteiger partial charge in [0.05, 0.1) is 16.9 Å². The van der Waals surface area contributed by atoms with Crippen LogP contribution in [0.5, 0.6) is 0 Å². The van der Waals surface area contributed by atoms with Crippen LogP contribution in [0.2, 0.25) is 0 Å². The molecule has 1 aliphatic heterocycles. The van der Waals surface area contributed by atoms with E-state index in [2.05, 4.69) is 18.7 Å². The normalized spacial score (nSPS) is 19.9. The summed E-state index contributed by atoms with van der Waals surface area (Å²) < 4.78 is 0. The molecule has 1 fully saturated rings. The van der Waals surface area contributed by atoms with Crippen molar-refractivity contribution >= 4 is 17.3 Å². The van der Waals surface area contributed by atoms with E-state index in [1.165, 1.54) is 6.42 Å². The molecule has 1 aliphatic rings. The van der Waals surface area contributed by atoms with Crippen molar-refractivity contribution in [1.29, 1.82) is 0 Å². The van der Waals surface area contributed by atoms with Gasteiger partial charge in [-0.05, 0) is 43.2 Å². The monoisotopic (exact) mass is 276 g/mol. The first-order chi connectivity index (χ1) is 9.50. The second kappa shape index (κ2) is 6.16. The van der Waals surface area contributed by atoms with Crippen LogP contribution < -0.4 is 10.6 Å². The van der Waals surface area contributed by atoms with Gasteiger partial charge >= 0.3 is 5.97 Å². The minimum atomic E-state index is -0.959. The average molecular weight is 276 g/mol. The Morgan fingerprint density at radius 1 is 1.35 bits per heavy atom. The quantitative estimate of drug-likeness (QED) is 0.832. The highest BCUT2D eigenvalue weighted by atomic mass is 16.4. The number of carboxylic acid groups (broad SMARTS) is 1. The lowest BCUT2D eigenvalue weighted by molar-refractivity contribution is 0.0698. The zero-order valence-corrected chi connectivity index (χ0v) is 12.3. The second-order valence-electron chi connectivity index (χ2n) is 5.97. The fraction of sp³-hybridized carbons (Fsp3) is 0.562. The van der Waals surface area contributed by atoms with Crippen molar-refractivity contribution in [3.05, 3.63) is 23.8 Å². The van der Waals surface area contributed by atoms with E-state index in [1.807, 2.05) is 6.07 Å². The summed E-state index contributed by atoms with van der Waals surface area (Å²) in [5, 5.41) is 9.16. The predicted molar refractivity (Wildman–Crippen MR) is 82.2 cm³/mol. The summed E-state index contributed by atoms with van der Waals surface area (Å²) >= 11 is 0. The van der Waals surface area contributed by atoms with E-state index in [1.54, 1.807) is 12.1 Å². The van der Waals surface area contributed by atoms with Crippen LogP contribution in [-0.2, 0) is 0 Å². The van der Waals surface area contributed by atoms with Crippen LogP contribution in [0, 0.1) is 11.8 Å². The number of carbonyl (C=O) groups is 1. The van der Waals surface area contributed by atoms with Gasteiger partial charge in [-0.2, -0.15) is 0 Å². The molecule has 3 N–H and O–H groups in total. The van der Waals surface area contributed by atoms with E-state index in [9.17, 15) is 4.79 Å². The minimum Gasteiger partial charge on any atom is -0.478 e. The molecule has 20 heavy (non-hydrogen) atoms. The molecule has 0 spiro atoms. The molecule has 0 aromatic heterocycles. The van der Waals surface area contributed by atoms with Crippen molar-refractivity contribution in [2.45, 2.75) is 33.1 Å². The van der Waals surface area contributed by atoms with Gasteiger partial charge in [0.25, 0.3) is 0 Å². The SMILES string of the molecule is CC(C)C1CCCN(c2cccc(C(=O)O)c2N)CC1. The summed E-state index contributed by atoms with van der Waals surface area (Å²) in [4.78, 5) is 13.4. The molecular weight excluding hydrogens is 252 g/mol. The highest BCUT2D eigenvalue weighted by molar-refractivity contribution is 5.97. The first-order valence-corrected chi connectivity index (χ1v) is 7.37. The molecule has 110 valence electrons.